The summed E-state index contributed by atoms with van der Waals surface area (Å²) in [6, 6.07) is 14.5. The van der Waals surface area contributed by atoms with Gasteiger partial charge >= 0.3 is 0 Å². The number of rotatable bonds is 4. The first kappa shape index (κ1) is 25.7. The zero-order valence-corrected chi connectivity index (χ0v) is 21.2. The van der Waals surface area contributed by atoms with Crippen LogP contribution in [0.1, 0.15) is 60.2 Å². The fraction of sp³-hybridized carbons (Fsp3) is 0.552. The summed E-state index contributed by atoms with van der Waals surface area (Å²) in [6.07, 6.45) is 2.86. The average molecular weight is 481 g/mol. The van der Waals surface area contributed by atoms with Gasteiger partial charge in [0.2, 0.25) is 0 Å². The van der Waals surface area contributed by atoms with Gasteiger partial charge < -0.3 is 19.5 Å². The number of ether oxygens (including phenoxy) is 2. The summed E-state index contributed by atoms with van der Waals surface area (Å²) in [4.78, 5) is 17.5. The van der Waals surface area contributed by atoms with E-state index in [-0.39, 0.29) is 12.0 Å². The van der Waals surface area contributed by atoms with Crippen LogP contribution in [0.4, 0.5) is 0 Å². The lowest BCUT2D eigenvalue weighted by molar-refractivity contribution is 0.0546. The average Bonchev–Trinajstić information content (AvgIpc) is 2.85. The number of amides is 1. The lowest BCUT2D eigenvalue weighted by atomic mass is 9.99. The minimum absolute atomic E-state index is 0.0250. The zero-order valence-electron chi connectivity index (χ0n) is 21.2. The Labute approximate surface area is 209 Å². The molecule has 2 aliphatic heterocycles. The Kier molecular flexibility index (Phi) is 9.18. The molecule has 190 valence electrons. The molecule has 2 aromatic rings. The molecule has 1 saturated heterocycles. The van der Waals surface area contributed by atoms with Crippen molar-refractivity contribution in [3.05, 3.63) is 64.7 Å². The number of piperidine rings is 1. The lowest BCUT2D eigenvalue weighted by Gasteiger charge is -2.30. The Bertz CT molecular complexity index is 969. The Morgan fingerprint density at radius 2 is 1.83 bits per heavy atom. The number of fused-ring (bicyclic) bond motifs is 3. The molecule has 6 nitrogen and oxygen atoms in total. The standard InChI is InChI=1S/C29H40N2O4/c1-22(2)8-11-30-14-15-34-16-17-35-28-7-6-25(29(33)31-12-9-27(32)10-13-31)20-26(28)19-23-4-3-5-24(18-23)21-30/h3-7,18,20,22,27,32H,8-17,19,21H2,1-2H3. The highest BCUT2D eigenvalue weighted by Crippen LogP contribution is 2.26. The molecular formula is C29H40N2O4. The topological polar surface area (TPSA) is 62.2 Å². The number of carbonyl (C=O) groups excluding carboxylic acids is 1. The fourth-order valence-corrected chi connectivity index (χ4v) is 4.78. The molecule has 2 bridgehead atoms. The van der Waals surface area contributed by atoms with Crippen LogP contribution in [0.2, 0.25) is 0 Å². The van der Waals surface area contributed by atoms with E-state index in [4.69, 9.17) is 9.47 Å². The van der Waals surface area contributed by atoms with Crippen molar-refractivity contribution in [2.24, 2.45) is 5.92 Å². The predicted octanol–water partition coefficient (Wildman–Crippen LogP) is 4.13. The van der Waals surface area contributed by atoms with E-state index in [1.807, 2.05) is 23.1 Å². The van der Waals surface area contributed by atoms with Crippen molar-refractivity contribution >= 4 is 5.91 Å². The van der Waals surface area contributed by atoms with Crippen LogP contribution >= 0.6 is 0 Å². The van der Waals surface area contributed by atoms with Gasteiger partial charge in [-0.3, -0.25) is 9.69 Å². The van der Waals surface area contributed by atoms with Crippen molar-refractivity contribution in [1.29, 1.82) is 0 Å². The molecule has 6 heteroatoms. The van der Waals surface area contributed by atoms with Crippen molar-refractivity contribution in [3.8, 4) is 5.75 Å². The molecule has 2 aromatic carbocycles. The maximum atomic E-state index is 13.2. The van der Waals surface area contributed by atoms with E-state index in [0.717, 1.165) is 30.9 Å². The highest BCUT2D eigenvalue weighted by Gasteiger charge is 2.23. The number of hydrogen-bond acceptors (Lipinski definition) is 5. The molecule has 0 unspecified atom stereocenters. The summed E-state index contributed by atoms with van der Waals surface area (Å²) in [5.74, 6) is 1.50. The number of aliphatic hydroxyl groups excluding tert-OH is 1. The van der Waals surface area contributed by atoms with Gasteiger partial charge in [0.15, 0.2) is 0 Å². The first-order chi connectivity index (χ1) is 17.0. The van der Waals surface area contributed by atoms with E-state index in [9.17, 15) is 9.90 Å². The molecular weight excluding hydrogens is 440 g/mol. The van der Waals surface area contributed by atoms with Crippen molar-refractivity contribution in [2.75, 3.05) is 46.0 Å². The summed E-state index contributed by atoms with van der Waals surface area (Å²) in [5.41, 5.74) is 4.20. The third-order valence-electron chi connectivity index (χ3n) is 6.91. The van der Waals surface area contributed by atoms with Crippen LogP contribution in [-0.4, -0.2) is 72.9 Å². The molecule has 4 rings (SSSR count). The number of benzene rings is 2. The zero-order chi connectivity index (χ0) is 24.6. The molecule has 0 radical (unpaired) electrons. The minimum atomic E-state index is -0.298. The largest absolute Gasteiger partial charge is 0.491 e. The van der Waals surface area contributed by atoms with E-state index >= 15 is 0 Å². The van der Waals surface area contributed by atoms with Gasteiger partial charge in [0.25, 0.3) is 5.91 Å². The summed E-state index contributed by atoms with van der Waals surface area (Å²) in [6.45, 7) is 10.3. The first-order valence-corrected chi connectivity index (χ1v) is 13.1. The molecule has 35 heavy (non-hydrogen) atoms. The highest BCUT2D eigenvalue weighted by atomic mass is 16.5. The van der Waals surface area contributed by atoms with Crippen LogP contribution in [-0.2, 0) is 17.7 Å². The van der Waals surface area contributed by atoms with Crippen molar-refractivity contribution in [3.63, 3.8) is 0 Å². The van der Waals surface area contributed by atoms with Crippen LogP contribution in [0.25, 0.3) is 0 Å². The van der Waals surface area contributed by atoms with Gasteiger partial charge in [-0.25, -0.2) is 0 Å². The number of hydrogen-bond donors (Lipinski definition) is 1. The van der Waals surface area contributed by atoms with Crippen molar-refractivity contribution < 1.29 is 19.4 Å². The first-order valence-electron chi connectivity index (χ1n) is 13.1. The smallest absolute Gasteiger partial charge is 0.253 e. The van der Waals surface area contributed by atoms with Gasteiger partial charge in [-0.1, -0.05) is 38.1 Å². The molecule has 0 aliphatic carbocycles. The molecule has 0 spiro atoms. The Morgan fingerprint density at radius 1 is 1.03 bits per heavy atom. The monoisotopic (exact) mass is 480 g/mol. The summed E-state index contributed by atoms with van der Waals surface area (Å²) >= 11 is 0. The van der Waals surface area contributed by atoms with E-state index in [1.54, 1.807) is 0 Å². The molecule has 1 fully saturated rings. The number of nitrogens with zero attached hydrogens (tertiary/aromatic N) is 2. The molecule has 0 saturated carbocycles. The van der Waals surface area contributed by atoms with Crippen molar-refractivity contribution in [1.82, 2.24) is 9.80 Å². The van der Waals surface area contributed by atoms with E-state index in [0.29, 0.717) is 63.7 Å². The van der Waals surface area contributed by atoms with Gasteiger partial charge in [-0.15, -0.1) is 0 Å². The third-order valence-corrected chi connectivity index (χ3v) is 6.91. The number of likely N-dealkylation sites (tertiary alicyclic amines) is 1. The van der Waals surface area contributed by atoms with Crippen LogP contribution in [0, 0.1) is 5.92 Å². The summed E-state index contributed by atoms with van der Waals surface area (Å²) < 4.78 is 12.0. The minimum Gasteiger partial charge on any atom is -0.491 e. The van der Waals surface area contributed by atoms with E-state index in [2.05, 4.69) is 43.0 Å². The Balaban J connectivity index is 1.55. The number of carbonyl (C=O) groups is 1. The summed E-state index contributed by atoms with van der Waals surface area (Å²) in [5, 5.41) is 9.79. The van der Waals surface area contributed by atoms with Crippen molar-refractivity contribution in [2.45, 2.75) is 52.2 Å². The van der Waals surface area contributed by atoms with Crippen LogP contribution in [0.3, 0.4) is 0 Å². The van der Waals surface area contributed by atoms with E-state index in [1.165, 1.54) is 17.5 Å². The molecule has 1 amide bonds. The van der Waals surface area contributed by atoms with Crippen LogP contribution in [0.5, 0.6) is 5.75 Å². The lowest BCUT2D eigenvalue weighted by Crippen LogP contribution is -2.40. The van der Waals surface area contributed by atoms with Crippen LogP contribution in [0.15, 0.2) is 42.5 Å². The van der Waals surface area contributed by atoms with Gasteiger partial charge in [-0.2, -0.15) is 0 Å². The SMILES string of the molecule is CC(C)CCN1CCOCCOc2ccc(C(=O)N3CCC(O)CC3)cc2Cc2cccc(c2)C1. The quantitative estimate of drug-likeness (QED) is 0.713. The maximum absolute atomic E-state index is 13.2. The molecule has 2 aliphatic rings. The predicted molar refractivity (Wildman–Crippen MR) is 138 cm³/mol. The number of aliphatic hydroxyl groups is 1. The molecule has 2 heterocycles. The second-order valence-electron chi connectivity index (χ2n) is 10.3. The molecule has 0 aromatic heterocycles. The fourth-order valence-electron chi connectivity index (χ4n) is 4.78. The Hall–Kier alpha value is -2.41. The van der Waals surface area contributed by atoms with Gasteiger partial charge in [0.1, 0.15) is 12.4 Å². The Morgan fingerprint density at radius 3 is 2.63 bits per heavy atom. The second kappa shape index (κ2) is 12.5. The molecule has 1 N–H and O–H groups in total. The molecule has 0 atom stereocenters. The second-order valence-corrected chi connectivity index (χ2v) is 10.3. The third kappa shape index (κ3) is 7.53. The van der Waals surface area contributed by atoms with Crippen LogP contribution < -0.4 is 4.74 Å². The van der Waals surface area contributed by atoms with E-state index < -0.39 is 0 Å². The highest BCUT2D eigenvalue weighted by molar-refractivity contribution is 5.94. The van der Waals surface area contributed by atoms with Gasteiger partial charge in [0.05, 0.1) is 19.3 Å². The van der Waals surface area contributed by atoms with Gasteiger partial charge in [-0.05, 0) is 66.6 Å². The maximum Gasteiger partial charge on any atom is 0.253 e. The van der Waals surface area contributed by atoms with Gasteiger partial charge in [0, 0.05) is 38.2 Å². The summed E-state index contributed by atoms with van der Waals surface area (Å²) in [7, 11) is 0. The normalized spacial score (nSPS) is 18.6.